The second-order valence-corrected chi connectivity index (χ2v) is 8.71. The highest BCUT2D eigenvalue weighted by molar-refractivity contribution is 7.89. The zero-order valence-electron chi connectivity index (χ0n) is 15.0. The molecule has 0 unspecified atom stereocenters. The van der Waals surface area contributed by atoms with Crippen LogP contribution in [-0.2, 0) is 17.1 Å². The predicted octanol–water partition coefficient (Wildman–Crippen LogP) is 1.82. The Balaban J connectivity index is 1.69. The number of rotatable bonds is 3. The van der Waals surface area contributed by atoms with Gasteiger partial charge in [0.05, 0.1) is 16.5 Å². The van der Waals surface area contributed by atoms with Gasteiger partial charge in [-0.3, -0.25) is 9.13 Å². The van der Waals surface area contributed by atoms with Gasteiger partial charge in [-0.15, -0.1) is 0 Å². The second kappa shape index (κ2) is 6.28. The molecule has 2 aromatic heterocycles. The molecule has 1 saturated heterocycles. The van der Waals surface area contributed by atoms with Gasteiger partial charge in [-0.05, 0) is 43.2 Å². The molecule has 0 aliphatic carbocycles. The van der Waals surface area contributed by atoms with Crippen LogP contribution in [-0.4, -0.2) is 39.9 Å². The minimum atomic E-state index is -3.83. The lowest BCUT2D eigenvalue weighted by atomic mass is 10.2. The largest absolute Gasteiger partial charge is 0.330 e. The van der Waals surface area contributed by atoms with Gasteiger partial charge in [0.15, 0.2) is 5.65 Å². The van der Waals surface area contributed by atoms with Crippen molar-refractivity contribution in [1.29, 1.82) is 0 Å². The first-order valence-corrected chi connectivity index (χ1v) is 10.0. The summed E-state index contributed by atoms with van der Waals surface area (Å²) in [6, 6.07) is 7.15. The normalized spacial score (nSPS) is 18.4. The zero-order valence-corrected chi connectivity index (χ0v) is 15.8. The van der Waals surface area contributed by atoms with Crippen LogP contribution in [0.3, 0.4) is 0 Å². The Morgan fingerprint density at radius 1 is 1.26 bits per heavy atom. The highest BCUT2D eigenvalue weighted by Gasteiger charge is 2.35. The van der Waals surface area contributed by atoms with Crippen molar-refractivity contribution >= 4 is 21.2 Å². The third kappa shape index (κ3) is 2.78. The van der Waals surface area contributed by atoms with Crippen molar-refractivity contribution in [2.24, 2.45) is 7.05 Å². The smallest absolute Gasteiger partial charge is 0.293 e. The van der Waals surface area contributed by atoms with Crippen LogP contribution in [0.1, 0.15) is 18.0 Å². The van der Waals surface area contributed by atoms with Gasteiger partial charge in [-0.2, -0.15) is 4.31 Å². The molecule has 3 aromatic rings. The van der Waals surface area contributed by atoms with Crippen molar-refractivity contribution in [3.63, 3.8) is 0 Å². The van der Waals surface area contributed by atoms with E-state index in [0.29, 0.717) is 23.1 Å². The minimum Gasteiger partial charge on any atom is -0.293 e. The molecule has 0 bridgehead atoms. The lowest BCUT2D eigenvalue weighted by Gasteiger charge is -2.17. The van der Waals surface area contributed by atoms with E-state index in [1.54, 1.807) is 36.9 Å². The van der Waals surface area contributed by atoms with Crippen LogP contribution in [0.25, 0.3) is 11.2 Å². The number of benzene rings is 1. The molecule has 9 heteroatoms. The summed E-state index contributed by atoms with van der Waals surface area (Å²) in [5, 5.41) is 0. The third-order valence-electron chi connectivity index (χ3n) is 5.12. The second-order valence-electron chi connectivity index (χ2n) is 6.77. The van der Waals surface area contributed by atoms with Crippen LogP contribution in [0.2, 0.25) is 0 Å². The number of hydrogen-bond donors (Lipinski definition) is 0. The van der Waals surface area contributed by atoms with E-state index in [2.05, 4.69) is 4.98 Å². The number of fused-ring (bicyclic) bond motifs is 1. The molecule has 0 amide bonds. The quantitative estimate of drug-likeness (QED) is 0.684. The summed E-state index contributed by atoms with van der Waals surface area (Å²) in [4.78, 5) is 16.9. The van der Waals surface area contributed by atoms with Crippen LogP contribution in [0.15, 0.2) is 46.2 Å². The Labute approximate surface area is 155 Å². The van der Waals surface area contributed by atoms with Crippen LogP contribution < -0.4 is 5.69 Å². The summed E-state index contributed by atoms with van der Waals surface area (Å²) in [6.07, 6.45) is 2.10. The fourth-order valence-electron chi connectivity index (χ4n) is 3.54. The van der Waals surface area contributed by atoms with E-state index >= 15 is 0 Å². The van der Waals surface area contributed by atoms with Crippen LogP contribution >= 0.6 is 0 Å². The molecule has 1 aromatic carbocycles. The predicted molar refractivity (Wildman–Crippen MR) is 98.5 cm³/mol. The van der Waals surface area contributed by atoms with Gasteiger partial charge in [0.1, 0.15) is 5.82 Å². The van der Waals surface area contributed by atoms with E-state index in [0.717, 1.165) is 6.07 Å². The number of aromatic nitrogens is 3. The van der Waals surface area contributed by atoms with Gasteiger partial charge in [0.25, 0.3) is 0 Å². The van der Waals surface area contributed by atoms with Crippen LogP contribution in [0, 0.1) is 12.7 Å². The van der Waals surface area contributed by atoms with Gasteiger partial charge in [-0.25, -0.2) is 22.6 Å². The standard InChI is InChI=1S/C18H19FN4O3S/c1-12-5-6-14(10-15(12)19)27(25,26)22-9-7-13(11-22)23-17-16(4-3-8-20-17)21(2)18(23)24/h3-6,8,10,13H,7,9,11H2,1-2H3/t13-/m1/s1. The van der Waals surface area contributed by atoms with Gasteiger partial charge >= 0.3 is 5.69 Å². The molecular formula is C18H19FN4O3S. The summed E-state index contributed by atoms with van der Waals surface area (Å²) >= 11 is 0. The van der Waals surface area contributed by atoms with Crippen LogP contribution in [0.5, 0.6) is 0 Å². The maximum Gasteiger partial charge on any atom is 0.330 e. The molecule has 7 nitrogen and oxygen atoms in total. The number of nitrogens with zero attached hydrogens (tertiary/aromatic N) is 4. The number of imidazole rings is 1. The summed E-state index contributed by atoms with van der Waals surface area (Å²) < 4.78 is 44.0. The molecule has 0 saturated carbocycles. The molecule has 1 aliphatic rings. The first kappa shape index (κ1) is 17.9. The van der Waals surface area contributed by atoms with E-state index < -0.39 is 15.8 Å². The summed E-state index contributed by atoms with van der Waals surface area (Å²) in [6.45, 7) is 1.99. The van der Waals surface area contributed by atoms with E-state index in [1.807, 2.05) is 0 Å². The average molecular weight is 390 g/mol. The molecule has 0 N–H and O–H groups in total. The van der Waals surface area contributed by atoms with Gasteiger partial charge in [0.2, 0.25) is 10.0 Å². The number of hydrogen-bond acceptors (Lipinski definition) is 4. The number of aryl methyl sites for hydroxylation is 2. The van der Waals surface area contributed by atoms with Crippen molar-refractivity contribution in [2.45, 2.75) is 24.3 Å². The Kier molecular flexibility index (Phi) is 4.15. The molecule has 0 spiro atoms. The van der Waals surface area contributed by atoms with E-state index in [1.165, 1.54) is 21.0 Å². The molecule has 142 valence electrons. The first-order chi connectivity index (χ1) is 12.8. The van der Waals surface area contributed by atoms with Crippen molar-refractivity contribution in [2.75, 3.05) is 13.1 Å². The maximum absolute atomic E-state index is 13.8. The summed E-state index contributed by atoms with van der Waals surface area (Å²) in [5.41, 5.74) is 1.40. The SMILES string of the molecule is Cc1ccc(S(=O)(=O)N2CC[C@@H](n3c(=O)n(C)c4cccnc43)C2)cc1F. The number of sulfonamides is 1. The fourth-order valence-corrected chi connectivity index (χ4v) is 5.05. The topological polar surface area (TPSA) is 77.2 Å². The van der Waals surface area contributed by atoms with Gasteiger partial charge in [0, 0.05) is 26.3 Å². The number of pyridine rings is 1. The van der Waals surface area contributed by atoms with Gasteiger partial charge < -0.3 is 0 Å². The molecular weight excluding hydrogens is 371 g/mol. The Bertz CT molecular complexity index is 1200. The molecule has 3 heterocycles. The zero-order chi connectivity index (χ0) is 19.3. The molecule has 0 radical (unpaired) electrons. The highest BCUT2D eigenvalue weighted by Crippen LogP contribution is 2.29. The van der Waals surface area contributed by atoms with Crippen molar-refractivity contribution in [3.05, 3.63) is 58.4 Å². The summed E-state index contributed by atoms with van der Waals surface area (Å²) in [7, 11) is -2.16. The fraction of sp³-hybridized carbons (Fsp3) is 0.333. The van der Waals surface area contributed by atoms with Crippen molar-refractivity contribution in [3.8, 4) is 0 Å². The highest BCUT2D eigenvalue weighted by atomic mass is 32.2. The first-order valence-electron chi connectivity index (χ1n) is 8.59. The monoisotopic (exact) mass is 390 g/mol. The molecule has 1 fully saturated rings. The molecule has 1 aliphatic heterocycles. The lowest BCUT2D eigenvalue weighted by Crippen LogP contribution is -2.32. The summed E-state index contributed by atoms with van der Waals surface area (Å²) in [5.74, 6) is -0.554. The lowest BCUT2D eigenvalue weighted by molar-refractivity contribution is 0.448. The van der Waals surface area contributed by atoms with Crippen molar-refractivity contribution in [1.82, 2.24) is 18.4 Å². The van der Waals surface area contributed by atoms with Crippen LogP contribution in [0.4, 0.5) is 4.39 Å². The Morgan fingerprint density at radius 3 is 2.78 bits per heavy atom. The molecule has 27 heavy (non-hydrogen) atoms. The Morgan fingerprint density at radius 2 is 2.04 bits per heavy atom. The Hall–Kier alpha value is -2.52. The van der Waals surface area contributed by atoms with Gasteiger partial charge in [-0.1, -0.05) is 6.07 Å². The number of halogens is 1. The third-order valence-corrected chi connectivity index (χ3v) is 6.98. The van der Waals surface area contributed by atoms with E-state index in [9.17, 15) is 17.6 Å². The van der Waals surface area contributed by atoms with E-state index in [-0.39, 0.29) is 29.7 Å². The van der Waals surface area contributed by atoms with Crippen molar-refractivity contribution < 1.29 is 12.8 Å². The maximum atomic E-state index is 13.8. The average Bonchev–Trinajstić information content (AvgIpc) is 3.22. The minimum absolute atomic E-state index is 0.0744. The van der Waals surface area contributed by atoms with E-state index in [4.69, 9.17) is 0 Å². The molecule has 1 atom stereocenters. The molecule has 4 rings (SSSR count).